The molecule has 1 aromatic rings. The van der Waals surface area contributed by atoms with Crippen molar-refractivity contribution in [2.75, 3.05) is 31.1 Å². The second-order valence-electron chi connectivity index (χ2n) is 4.73. The van der Waals surface area contributed by atoms with E-state index < -0.39 is 0 Å². The summed E-state index contributed by atoms with van der Waals surface area (Å²) in [4.78, 5) is 11.3. The fraction of sp³-hybridized carbons (Fsp3) is 0.667. The molecule has 1 atom stereocenters. The third-order valence-corrected chi connectivity index (χ3v) is 3.67. The van der Waals surface area contributed by atoms with Crippen LogP contribution in [0.4, 0.5) is 5.82 Å². The van der Waals surface area contributed by atoms with E-state index in [1.807, 2.05) is 0 Å². The van der Waals surface area contributed by atoms with Crippen molar-refractivity contribution in [2.24, 2.45) is 0 Å². The first-order chi connectivity index (χ1) is 7.86. The molecular weight excluding hydrogens is 200 g/mol. The Hall–Kier alpha value is -1.16. The minimum Gasteiger partial charge on any atom is -0.354 e. The summed E-state index contributed by atoms with van der Waals surface area (Å²) in [6.07, 6.45) is 4.08. The van der Waals surface area contributed by atoms with Gasteiger partial charge < -0.3 is 10.2 Å². The number of hydrogen-bond donors (Lipinski definition) is 1. The summed E-state index contributed by atoms with van der Waals surface area (Å²) in [6, 6.07) is 0. The van der Waals surface area contributed by atoms with Gasteiger partial charge in [-0.2, -0.15) is 0 Å². The molecule has 86 valence electrons. The molecule has 1 aromatic heterocycles. The first-order valence-corrected chi connectivity index (χ1v) is 6.15. The van der Waals surface area contributed by atoms with Crippen LogP contribution in [-0.2, 0) is 6.42 Å². The van der Waals surface area contributed by atoms with Crippen molar-refractivity contribution >= 4 is 5.82 Å². The largest absolute Gasteiger partial charge is 0.354 e. The van der Waals surface area contributed by atoms with Crippen LogP contribution in [0.5, 0.6) is 0 Å². The molecular formula is C12H18N4. The van der Waals surface area contributed by atoms with Crippen LogP contribution >= 0.6 is 0 Å². The Kier molecular flexibility index (Phi) is 2.52. The van der Waals surface area contributed by atoms with Gasteiger partial charge in [0.15, 0.2) is 0 Å². The Balaban J connectivity index is 1.97. The second-order valence-corrected chi connectivity index (χ2v) is 4.73. The molecule has 4 heteroatoms. The van der Waals surface area contributed by atoms with E-state index in [0.717, 1.165) is 32.6 Å². The molecule has 2 aliphatic rings. The van der Waals surface area contributed by atoms with Gasteiger partial charge >= 0.3 is 0 Å². The van der Waals surface area contributed by atoms with Gasteiger partial charge in [-0.3, -0.25) is 0 Å². The number of nitrogens with zero attached hydrogens (tertiary/aromatic N) is 3. The van der Waals surface area contributed by atoms with Gasteiger partial charge in [-0.1, -0.05) is 6.92 Å². The topological polar surface area (TPSA) is 41.1 Å². The number of aryl methyl sites for hydroxylation is 1. The molecule has 0 saturated carbocycles. The molecule has 16 heavy (non-hydrogen) atoms. The highest BCUT2D eigenvalue weighted by atomic mass is 15.2. The van der Waals surface area contributed by atoms with E-state index >= 15 is 0 Å². The van der Waals surface area contributed by atoms with E-state index in [2.05, 4.69) is 27.1 Å². The van der Waals surface area contributed by atoms with Crippen LogP contribution in [0.1, 0.15) is 30.5 Å². The number of hydrogen-bond acceptors (Lipinski definition) is 4. The maximum absolute atomic E-state index is 4.51. The lowest BCUT2D eigenvalue weighted by molar-refractivity contribution is 0.581. The molecule has 3 rings (SSSR count). The summed E-state index contributed by atoms with van der Waals surface area (Å²) < 4.78 is 0. The van der Waals surface area contributed by atoms with Crippen molar-refractivity contribution in [1.82, 2.24) is 15.3 Å². The van der Waals surface area contributed by atoms with Gasteiger partial charge in [-0.05, 0) is 18.8 Å². The molecule has 0 aromatic carbocycles. The molecule has 1 fully saturated rings. The van der Waals surface area contributed by atoms with E-state index in [4.69, 9.17) is 0 Å². The van der Waals surface area contributed by atoms with E-state index in [-0.39, 0.29) is 0 Å². The van der Waals surface area contributed by atoms with Crippen LogP contribution in [0.15, 0.2) is 6.33 Å². The molecule has 0 spiro atoms. The second kappa shape index (κ2) is 4.01. The molecule has 1 aliphatic carbocycles. The highest BCUT2D eigenvalue weighted by molar-refractivity contribution is 5.52. The summed E-state index contributed by atoms with van der Waals surface area (Å²) in [7, 11) is 0. The van der Waals surface area contributed by atoms with Gasteiger partial charge in [0.1, 0.15) is 12.1 Å². The van der Waals surface area contributed by atoms with Crippen LogP contribution in [0, 0.1) is 0 Å². The van der Waals surface area contributed by atoms with Crippen LogP contribution in [-0.4, -0.2) is 36.1 Å². The minimum absolute atomic E-state index is 0.626. The monoisotopic (exact) mass is 218 g/mol. The van der Waals surface area contributed by atoms with Crippen molar-refractivity contribution in [3.8, 4) is 0 Å². The predicted octanol–water partition coefficient (Wildman–Crippen LogP) is 0.936. The molecule has 1 aliphatic heterocycles. The van der Waals surface area contributed by atoms with Crippen LogP contribution < -0.4 is 10.2 Å². The maximum Gasteiger partial charge on any atom is 0.135 e. The van der Waals surface area contributed by atoms with E-state index in [9.17, 15) is 0 Å². The molecule has 1 N–H and O–H groups in total. The predicted molar refractivity (Wildman–Crippen MR) is 63.9 cm³/mol. The van der Waals surface area contributed by atoms with Crippen LogP contribution in [0.3, 0.4) is 0 Å². The average molecular weight is 218 g/mol. The maximum atomic E-state index is 4.51. The third-order valence-electron chi connectivity index (χ3n) is 3.67. The molecule has 1 saturated heterocycles. The summed E-state index contributed by atoms with van der Waals surface area (Å²) in [5, 5.41) is 3.38. The highest BCUT2D eigenvalue weighted by Crippen LogP contribution is 2.36. The molecule has 1 unspecified atom stereocenters. The smallest absolute Gasteiger partial charge is 0.135 e. The minimum atomic E-state index is 0.626. The number of anilines is 1. The zero-order valence-electron chi connectivity index (χ0n) is 9.74. The van der Waals surface area contributed by atoms with Gasteiger partial charge in [-0.25, -0.2) is 9.97 Å². The van der Waals surface area contributed by atoms with Crippen molar-refractivity contribution in [3.63, 3.8) is 0 Å². The summed E-state index contributed by atoms with van der Waals surface area (Å²) in [5.41, 5.74) is 2.68. The summed E-state index contributed by atoms with van der Waals surface area (Å²) in [6.45, 7) is 6.55. The Morgan fingerprint density at radius 1 is 1.31 bits per heavy atom. The lowest BCUT2D eigenvalue weighted by atomic mass is 10.1. The summed E-state index contributed by atoms with van der Waals surface area (Å²) >= 11 is 0. The fourth-order valence-corrected chi connectivity index (χ4v) is 2.75. The standard InChI is InChI=1S/C12H18N4/c1-9-2-3-10-11(9)12(15-8-14-10)16-6-4-13-5-7-16/h8-9,13H,2-7H2,1H3. The van der Waals surface area contributed by atoms with Gasteiger partial charge in [0.25, 0.3) is 0 Å². The zero-order chi connectivity index (χ0) is 11.0. The van der Waals surface area contributed by atoms with Crippen molar-refractivity contribution in [1.29, 1.82) is 0 Å². The molecule has 0 radical (unpaired) electrons. The number of rotatable bonds is 1. The first-order valence-electron chi connectivity index (χ1n) is 6.15. The van der Waals surface area contributed by atoms with E-state index in [1.165, 1.54) is 23.5 Å². The lowest BCUT2D eigenvalue weighted by Gasteiger charge is -2.30. The zero-order valence-corrected chi connectivity index (χ0v) is 9.74. The molecule has 4 nitrogen and oxygen atoms in total. The Bertz CT molecular complexity index is 385. The SMILES string of the molecule is CC1CCc2ncnc(N3CCNCC3)c21. The Morgan fingerprint density at radius 3 is 2.94 bits per heavy atom. The number of piperazine rings is 1. The normalized spacial score (nSPS) is 24.6. The molecule has 0 amide bonds. The van der Waals surface area contributed by atoms with Gasteiger partial charge in [-0.15, -0.1) is 0 Å². The Labute approximate surface area is 96.1 Å². The van der Waals surface area contributed by atoms with Gasteiger partial charge in [0.05, 0.1) is 0 Å². The van der Waals surface area contributed by atoms with Gasteiger partial charge in [0.2, 0.25) is 0 Å². The van der Waals surface area contributed by atoms with Crippen molar-refractivity contribution < 1.29 is 0 Å². The average Bonchev–Trinajstić information content (AvgIpc) is 2.73. The number of fused-ring (bicyclic) bond motifs is 1. The quantitative estimate of drug-likeness (QED) is 0.761. The third kappa shape index (κ3) is 1.57. The fourth-order valence-electron chi connectivity index (χ4n) is 2.75. The first kappa shape index (κ1) is 10.0. The molecule has 2 heterocycles. The van der Waals surface area contributed by atoms with Crippen molar-refractivity contribution in [2.45, 2.75) is 25.7 Å². The highest BCUT2D eigenvalue weighted by Gasteiger charge is 2.26. The lowest BCUT2D eigenvalue weighted by Crippen LogP contribution is -2.44. The van der Waals surface area contributed by atoms with Gasteiger partial charge in [0, 0.05) is 37.4 Å². The van der Waals surface area contributed by atoms with Crippen LogP contribution in [0.2, 0.25) is 0 Å². The van der Waals surface area contributed by atoms with E-state index in [1.54, 1.807) is 6.33 Å². The van der Waals surface area contributed by atoms with Crippen LogP contribution in [0.25, 0.3) is 0 Å². The number of aromatic nitrogens is 2. The van der Waals surface area contributed by atoms with E-state index in [0.29, 0.717) is 5.92 Å². The number of nitrogens with one attached hydrogen (secondary N) is 1. The van der Waals surface area contributed by atoms with Crippen molar-refractivity contribution in [3.05, 3.63) is 17.6 Å². The Morgan fingerprint density at radius 2 is 2.12 bits per heavy atom. The summed E-state index contributed by atoms with van der Waals surface area (Å²) in [5.74, 6) is 1.82. The molecule has 0 bridgehead atoms.